The first kappa shape index (κ1) is 18.1. The Balaban J connectivity index is 1.91. The minimum atomic E-state index is -0.650. The minimum absolute atomic E-state index is 0.0424. The zero-order valence-corrected chi connectivity index (χ0v) is 14.7. The monoisotopic (exact) mass is 359 g/mol. The van der Waals surface area contributed by atoms with E-state index in [1.54, 1.807) is 18.2 Å². The van der Waals surface area contributed by atoms with Crippen LogP contribution in [0, 0.1) is 5.82 Å². The third kappa shape index (κ3) is 3.45. The molecule has 4 N–H and O–H groups in total. The number of carbonyl (C=O) groups excluding carboxylic acids is 2. The Morgan fingerprint density at radius 2 is 2.12 bits per heavy atom. The van der Waals surface area contributed by atoms with Gasteiger partial charge in [0.15, 0.2) is 0 Å². The van der Waals surface area contributed by atoms with Gasteiger partial charge in [0, 0.05) is 24.2 Å². The van der Waals surface area contributed by atoms with Crippen molar-refractivity contribution in [3.05, 3.63) is 41.8 Å². The number of nitrogens with two attached hydrogens (primary N) is 1. The van der Waals surface area contributed by atoms with Crippen molar-refractivity contribution >= 4 is 11.8 Å². The summed E-state index contributed by atoms with van der Waals surface area (Å²) in [6.45, 7) is 3.97. The Kier molecular flexibility index (Phi) is 5.03. The van der Waals surface area contributed by atoms with Gasteiger partial charge >= 0.3 is 0 Å². The van der Waals surface area contributed by atoms with Crippen molar-refractivity contribution in [1.29, 1.82) is 0 Å². The van der Waals surface area contributed by atoms with Gasteiger partial charge in [0.05, 0.1) is 17.5 Å². The molecule has 2 heterocycles. The summed E-state index contributed by atoms with van der Waals surface area (Å²) in [6, 6.07) is 5.15. The third-order valence-corrected chi connectivity index (χ3v) is 4.34. The molecule has 1 fully saturated rings. The number of halogens is 1. The lowest BCUT2D eigenvalue weighted by Gasteiger charge is -2.24. The van der Waals surface area contributed by atoms with Crippen molar-refractivity contribution < 1.29 is 14.0 Å². The number of hydrogen-bond donors (Lipinski definition) is 3. The van der Waals surface area contributed by atoms with E-state index in [1.807, 2.05) is 13.8 Å². The summed E-state index contributed by atoms with van der Waals surface area (Å²) in [4.78, 5) is 27.0. The topological polar surface area (TPSA) is 104 Å². The number of benzene rings is 1. The van der Waals surface area contributed by atoms with Gasteiger partial charge in [-0.2, -0.15) is 5.10 Å². The second-order valence-corrected chi connectivity index (χ2v) is 6.77. The Hall–Kier alpha value is -2.74. The lowest BCUT2D eigenvalue weighted by molar-refractivity contribution is -0.125. The number of nitrogens with zero attached hydrogens (tertiary/aromatic N) is 2. The summed E-state index contributed by atoms with van der Waals surface area (Å²) in [5.74, 6) is -1.09. The molecular weight excluding hydrogens is 337 g/mol. The van der Waals surface area contributed by atoms with Gasteiger partial charge in [-0.1, -0.05) is 12.1 Å². The summed E-state index contributed by atoms with van der Waals surface area (Å²) in [5.41, 5.74) is 6.74. The van der Waals surface area contributed by atoms with Crippen LogP contribution in [0.1, 0.15) is 30.6 Å². The van der Waals surface area contributed by atoms with Crippen molar-refractivity contribution in [2.75, 3.05) is 6.54 Å². The number of aromatic nitrogens is 2. The van der Waals surface area contributed by atoms with E-state index in [1.165, 1.54) is 17.2 Å². The minimum Gasteiger partial charge on any atom is -0.352 e. The van der Waals surface area contributed by atoms with E-state index in [-0.39, 0.29) is 41.4 Å². The molecule has 1 aliphatic heterocycles. The average molecular weight is 359 g/mol. The molecule has 2 atom stereocenters. The summed E-state index contributed by atoms with van der Waals surface area (Å²) in [5, 5.41) is 9.40. The van der Waals surface area contributed by atoms with E-state index in [0.717, 1.165) is 0 Å². The molecular formula is C18H22FN5O2. The number of likely N-dealkylation sites (tertiary alicyclic amines) is 1. The van der Waals surface area contributed by atoms with Crippen LogP contribution >= 0.6 is 0 Å². The van der Waals surface area contributed by atoms with Crippen LogP contribution in [0.25, 0.3) is 11.3 Å². The van der Waals surface area contributed by atoms with Crippen LogP contribution in [0.3, 0.4) is 0 Å². The first-order valence-corrected chi connectivity index (χ1v) is 8.53. The molecule has 1 aromatic carbocycles. The standard InChI is InChI=1S/C18H22FN5O2/c1-10(2)22-17(25)15-7-11(20)9-24(15)18(26)13-8-21-23-16(13)12-5-3-4-6-14(12)19/h3-6,8,10-11,15H,7,9,20H2,1-2H3,(H,21,23)(H,22,25)/t11-,15+/m1/s1. The van der Waals surface area contributed by atoms with Crippen LogP contribution < -0.4 is 11.1 Å². The van der Waals surface area contributed by atoms with Crippen LogP contribution in [0.4, 0.5) is 4.39 Å². The molecule has 2 aromatic rings. The van der Waals surface area contributed by atoms with Crippen molar-refractivity contribution in [2.45, 2.75) is 38.4 Å². The highest BCUT2D eigenvalue weighted by molar-refractivity contribution is 6.02. The molecule has 7 nitrogen and oxygen atoms in total. The number of rotatable bonds is 4. The molecule has 3 rings (SSSR count). The summed E-state index contributed by atoms with van der Waals surface area (Å²) in [6.07, 6.45) is 1.74. The smallest absolute Gasteiger partial charge is 0.258 e. The van der Waals surface area contributed by atoms with Gasteiger partial charge in [0.2, 0.25) is 5.91 Å². The maximum absolute atomic E-state index is 14.1. The van der Waals surface area contributed by atoms with Gasteiger partial charge in [-0.3, -0.25) is 14.7 Å². The fraction of sp³-hybridized carbons (Fsp3) is 0.389. The number of carbonyl (C=O) groups is 2. The predicted molar refractivity (Wildman–Crippen MR) is 94.7 cm³/mol. The molecule has 1 aromatic heterocycles. The summed E-state index contributed by atoms with van der Waals surface area (Å²) >= 11 is 0. The molecule has 0 radical (unpaired) electrons. The first-order chi connectivity index (χ1) is 12.4. The van der Waals surface area contributed by atoms with Crippen molar-refractivity contribution in [2.24, 2.45) is 5.73 Å². The quantitative estimate of drug-likeness (QED) is 0.765. The Bertz CT molecular complexity index is 819. The normalized spacial score (nSPS) is 19.8. The molecule has 0 saturated carbocycles. The van der Waals surface area contributed by atoms with E-state index in [2.05, 4.69) is 15.5 Å². The van der Waals surface area contributed by atoms with Crippen LogP contribution in [-0.4, -0.2) is 51.6 Å². The van der Waals surface area contributed by atoms with Gasteiger partial charge in [-0.15, -0.1) is 0 Å². The first-order valence-electron chi connectivity index (χ1n) is 8.53. The van der Waals surface area contributed by atoms with E-state index >= 15 is 0 Å². The lowest BCUT2D eigenvalue weighted by atomic mass is 10.1. The Morgan fingerprint density at radius 1 is 1.38 bits per heavy atom. The number of aromatic amines is 1. The zero-order valence-electron chi connectivity index (χ0n) is 14.7. The third-order valence-electron chi connectivity index (χ3n) is 4.34. The molecule has 0 bridgehead atoms. The van der Waals surface area contributed by atoms with Crippen LogP contribution in [0.5, 0.6) is 0 Å². The van der Waals surface area contributed by atoms with Gasteiger partial charge in [-0.25, -0.2) is 4.39 Å². The molecule has 2 amide bonds. The summed E-state index contributed by atoms with van der Waals surface area (Å²) < 4.78 is 14.1. The van der Waals surface area contributed by atoms with Crippen LogP contribution in [-0.2, 0) is 4.79 Å². The maximum Gasteiger partial charge on any atom is 0.258 e. The van der Waals surface area contributed by atoms with Crippen molar-refractivity contribution in [1.82, 2.24) is 20.4 Å². The van der Waals surface area contributed by atoms with Gasteiger partial charge in [0.1, 0.15) is 11.9 Å². The van der Waals surface area contributed by atoms with Crippen LogP contribution in [0.2, 0.25) is 0 Å². The molecule has 0 spiro atoms. The molecule has 0 unspecified atom stereocenters. The van der Waals surface area contributed by atoms with E-state index < -0.39 is 17.8 Å². The Morgan fingerprint density at radius 3 is 2.81 bits per heavy atom. The van der Waals surface area contributed by atoms with Crippen molar-refractivity contribution in [3.63, 3.8) is 0 Å². The maximum atomic E-state index is 14.1. The lowest BCUT2D eigenvalue weighted by Crippen LogP contribution is -2.47. The highest BCUT2D eigenvalue weighted by Crippen LogP contribution is 2.27. The van der Waals surface area contributed by atoms with E-state index in [4.69, 9.17) is 5.73 Å². The number of H-pyrrole nitrogens is 1. The number of nitrogens with one attached hydrogen (secondary N) is 2. The van der Waals surface area contributed by atoms with E-state index in [9.17, 15) is 14.0 Å². The Labute approximate surface area is 150 Å². The molecule has 138 valence electrons. The zero-order chi connectivity index (χ0) is 18.8. The fourth-order valence-corrected chi connectivity index (χ4v) is 3.19. The molecule has 26 heavy (non-hydrogen) atoms. The molecule has 1 saturated heterocycles. The number of amides is 2. The van der Waals surface area contributed by atoms with Gasteiger partial charge in [0.25, 0.3) is 5.91 Å². The largest absolute Gasteiger partial charge is 0.352 e. The predicted octanol–water partition coefficient (Wildman–Crippen LogP) is 1.28. The van der Waals surface area contributed by atoms with Gasteiger partial charge < -0.3 is 16.0 Å². The molecule has 1 aliphatic rings. The average Bonchev–Trinajstić information content (AvgIpc) is 3.20. The second kappa shape index (κ2) is 7.25. The van der Waals surface area contributed by atoms with E-state index in [0.29, 0.717) is 6.42 Å². The van der Waals surface area contributed by atoms with Gasteiger partial charge in [-0.05, 0) is 32.4 Å². The van der Waals surface area contributed by atoms with Crippen molar-refractivity contribution in [3.8, 4) is 11.3 Å². The highest BCUT2D eigenvalue weighted by Gasteiger charge is 2.39. The van der Waals surface area contributed by atoms with Crippen LogP contribution in [0.15, 0.2) is 30.5 Å². The molecule has 0 aliphatic carbocycles. The fourth-order valence-electron chi connectivity index (χ4n) is 3.19. The highest BCUT2D eigenvalue weighted by atomic mass is 19.1. The summed E-state index contributed by atoms with van der Waals surface area (Å²) in [7, 11) is 0. The number of hydrogen-bond acceptors (Lipinski definition) is 4. The SMILES string of the molecule is CC(C)NC(=O)[C@@H]1C[C@@H](N)CN1C(=O)c1cn[nH]c1-c1ccccc1F. The second-order valence-electron chi connectivity index (χ2n) is 6.77. The molecule has 8 heteroatoms.